The third-order valence-corrected chi connectivity index (χ3v) is 2.01. The predicted molar refractivity (Wildman–Crippen MR) is 40.8 cm³/mol. The number of phosphoric ester groups is 2. The van der Waals surface area contributed by atoms with Crippen LogP contribution in [0.3, 0.4) is 0 Å². The maximum absolute atomic E-state index is 10.4. The second-order valence-corrected chi connectivity index (χ2v) is 4.32. The summed E-state index contributed by atoms with van der Waals surface area (Å²) in [7, 11) is -9.54. The molecule has 0 aliphatic rings. The quantitative estimate of drug-likeness (QED) is 0.213. The van der Waals surface area contributed by atoms with Gasteiger partial charge in [-0.15, -0.1) is 4.67 Å². The first-order valence-corrected chi connectivity index (χ1v) is 5.77. The molecule has 0 aliphatic heterocycles. The molecule has 0 rings (SSSR count). The van der Waals surface area contributed by atoms with Crippen LogP contribution in [0.1, 0.15) is 6.92 Å². The minimum atomic E-state index is -4.81. The molecule has 10 nitrogen and oxygen atoms in total. The zero-order valence-corrected chi connectivity index (χ0v) is 8.59. The van der Waals surface area contributed by atoms with Crippen molar-refractivity contribution >= 4 is 15.6 Å². The Labute approximate surface area is 78.1 Å². The maximum Gasteiger partial charge on any atom is 0.501 e. The van der Waals surface area contributed by atoms with Crippen LogP contribution in [-0.2, 0) is 22.9 Å². The Morgan fingerprint density at radius 3 is 1.86 bits per heavy atom. The molecule has 14 heavy (non-hydrogen) atoms. The van der Waals surface area contributed by atoms with Crippen LogP contribution in [0.2, 0.25) is 0 Å². The van der Waals surface area contributed by atoms with E-state index in [2.05, 4.69) is 13.7 Å². The van der Waals surface area contributed by atoms with E-state index in [0.29, 0.717) is 0 Å². The zero-order chi connectivity index (χ0) is 10.7. The van der Waals surface area contributed by atoms with Crippen LogP contribution in [0.4, 0.5) is 0 Å². The Bertz CT molecular complexity index is 243. The smallest absolute Gasteiger partial charge is 0.412 e. The van der Waals surface area contributed by atoms with Gasteiger partial charge in [-0.05, 0) is 6.92 Å². The Morgan fingerprint density at radius 2 is 1.57 bits per heavy atom. The molecule has 0 fully saturated rings. The number of rotatable bonds is 5. The summed E-state index contributed by atoms with van der Waals surface area (Å²) < 4.78 is 31.2. The van der Waals surface area contributed by atoms with E-state index in [1.807, 2.05) is 0 Å². The lowest BCUT2D eigenvalue weighted by molar-refractivity contribution is -0.173. The van der Waals surface area contributed by atoms with Crippen LogP contribution < -0.4 is 0 Å². The Kier molecular flexibility index (Phi) is 6.96. The number of phosphoric acid groups is 2. The van der Waals surface area contributed by atoms with E-state index < -0.39 is 21.9 Å². The summed E-state index contributed by atoms with van der Waals surface area (Å²) in [6, 6.07) is 0. The van der Waals surface area contributed by atoms with Crippen molar-refractivity contribution in [1.82, 2.24) is 0 Å². The van der Waals surface area contributed by atoms with Crippen molar-refractivity contribution < 1.29 is 48.3 Å². The third kappa shape index (κ3) is 8.73. The van der Waals surface area contributed by atoms with E-state index in [-0.39, 0.29) is 5.48 Å². The molecule has 0 aromatic heterocycles. The molecule has 0 aliphatic carbocycles. The van der Waals surface area contributed by atoms with Crippen LogP contribution >= 0.6 is 15.6 Å². The van der Waals surface area contributed by atoms with E-state index in [4.69, 9.17) is 19.9 Å². The van der Waals surface area contributed by atoms with Gasteiger partial charge >= 0.3 is 15.6 Å². The fourth-order valence-corrected chi connectivity index (χ4v) is 1.37. The second kappa shape index (κ2) is 5.89. The summed E-state index contributed by atoms with van der Waals surface area (Å²) in [6.07, 6.45) is -1.70. The molecular weight excluding hydrogens is 246 g/mol. The third-order valence-electron chi connectivity index (χ3n) is 0.671. The first-order chi connectivity index (χ1) is 5.66. The summed E-state index contributed by atoms with van der Waals surface area (Å²) >= 11 is 0. The van der Waals surface area contributed by atoms with Gasteiger partial charge in [0.2, 0.25) is 0 Å². The minimum Gasteiger partial charge on any atom is -0.412 e. The molecule has 0 spiro atoms. The van der Waals surface area contributed by atoms with E-state index in [9.17, 15) is 9.13 Å². The van der Waals surface area contributed by atoms with E-state index in [0.717, 1.165) is 6.92 Å². The molecule has 88 valence electrons. The van der Waals surface area contributed by atoms with Gasteiger partial charge in [0.15, 0.2) is 6.29 Å². The van der Waals surface area contributed by atoms with Crippen LogP contribution in [0.25, 0.3) is 0 Å². The Morgan fingerprint density at radius 1 is 1.14 bits per heavy atom. The van der Waals surface area contributed by atoms with Crippen molar-refractivity contribution in [2.75, 3.05) is 0 Å². The monoisotopic (exact) mass is 256 g/mol. The first kappa shape index (κ1) is 16.6. The first-order valence-electron chi connectivity index (χ1n) is 2.74. The molecule has 2 atom stereocenters. The van der Waals surface area contributed by atoms with Gasteiger partial charge in [-0.25, -0.2) is 14.4 Å². The maximum atomic E-state index is 10.4. The van der Waals surface area contributed by atoms with E-state index in [1.165, 1.54) is 0 Å². The molecule has 12 heteroatoms. The van der Waals surface area contributed by atoms with Gasteiger partial charge in [-0.2, -0.15) is 0 Å². The number of hydrogen-bond acceptors (Lipinski definition) is 6. The van der Waals surface area contributed by atoms with Crippen LogP contribution in [0, 0.1) is 0 Å². The molecule has 6 N–H and O–H groups in total. The standard InChI is InChI=1S/C2H8O9P2.H2O/c1-2(9-12(4,5)6)10-13(7,8)11-3;/h2-3H,1H3,(H,7,8)(H2,4,5,6);1H2. The molecule has 0 heterocycles. The average molecular weight is 256 g/mol. The van der Waals surface area contributed by atoms with Gasteiger partial charge < -0.3 is 20.2 Å². The molecule has 0 radical (unpaired) electrons. The number of hydrogen-bond donors (Lipinski definition) is 4. The minimum absolute atomic E-state index is 0. The largest absolute Gasteiger partial charge is 0.501 e. The summed E-state index contributed by atoms with van der Waals surface area (Å²) in [4.78, 5) is 24.8. The summed E-state index contributed by atoms with van der Waals surface area (Å²) in [5.74, 6) is 0. The van der Waals surface area contributed by atoms with Gasteiger partial charge in [-0.1, -0.05) is 0 Å². The lowest BCUT2D eigenvalue weighted by Gasteiger charge is -2.15. The van der Waals surface area contributed by atoms with Crippen LogP contribution in [0.15, 0.2) is 0 Å². The molecule has 0 aromatic rings. The molecule has 0 amide bonds. The van der Waals surface area contributed by atoms with Crippen LogP contribution in [-0.4, -0.2) is 31.7 Å². The second-order valence-electron chi connectivity index (χ2n) is 1.82. The Balaban J connectivity index is 0. The summed E-state index contributed by atoms with van der Waals surface area (Å²) in [5.41, 5.74) is 0. The highest BCUT2D eigenvalue weighted by atomic mass is 31.2. The van der Waals surface area contributed by atoms with Crippen LogP contribution in [0.5, 0.6) is 0 Å². The van der Waals surface area contributed by atoms with E-state index >= 15 is 0 Å². The van der Waals surface area contributed by atoms with Gasteiger partial charge in [-0.3, -0.25) is 9.05 Å². The van der Waals surface area contributed by atoms with Gasteiger partial charge in [0.1, 0.15) is 0 Å². The Hall–Kier alpha value is 0.140. The van der Waals surface area contributed by atoms with Crippen molar-refractivity contribution in [1.29, 1.82) is 0 Å². The van der Waals surface area contributed by atoms with Gasteiger partial charge in [0.25, 0.3) is 0 Å². The molecule has 0 saturated carbocycles. The van der Waals surface area contributed by atoms with E-state index in [1.54, 1.807) is 0 Å². The average Bonchev–Trinajstić information content (AvgIpc) is 1.81. The molecule has 0 aromatic carbocycles. The highest BCUT2D eigenvalue weighted by Crippen LogP contribution is 2.46. The predicted octanol–water partition coefficient (Wildman–Crippen LogP) is -0.776. The molecule has 0 bridgehead atoms. The van der Waals surface area contributed by atoms with Crippen molar-refractivity contribution in [3.8, 4) is 0 Å². The lowest BCUT2D eigenvalue weighted by Crippen LogP contribution is -2.10. The summed E-state index contributed by atoms with van der Waals surface area (Å²) in [6.45, 7) is 0.932. The van der Waals surface area contributed by atoms with Crippen molar-refractivity contribution in [3.05, 3.63) is 0 Å². The lowest BCUT2D eigenvalue weighted by atomic mass is 10.8. The van der Waals surface area contributed by atoms with Gasteiger partial charge in [0.05, 0.1) is 0 Å². The topological polar surface area (TPSA) is 174 Å². The normalized spacial score (nSPS) is 18.1. The van der Waals surface area contributed by atoms with Crippen molar-refractivity contribution in [2.45, 2.75) is 13.2 Å². The van der Waals surface area contributed by atoms with Crippen molar-refractivity contribution in [3.63, 3.8) is 0 Å². The fraction of sp³-hybridized carbons (Fsp3) is 1.00. The SMILES string of the molecule is CC(OP(=O)(O)O)OP(=O)(O)OO.O. The molecule has 2 unspecified atom stereocenters. The molecular formula is C2H10O10P2. The van der Waals surface area contributed by atoms with Crippen molar-refractivity contribution in [2.24, 2.45) is 0 Å². The highest BCUT2D eigenvalue weighted by Gasteiger charge is 2.29. The van der Waals surface area contributed by atoms with Gasteiger partial charge in [0, 0.05) is 0 Å². The zero-order valence-electron chi connectivity index (χ0n) is 6.80. The molecule has 0 saturated heterocycles. The highest BCUT2D eigenvalue weighted by molar-refractivity contribution is 7.47. The summed E-state index contributed by atoms with van der Waals surface area (Å²) in [5, 5.41) is 7.75. The fourth-order valence-electron chi connectivity index (χ4n) is 0.419.